The fourth-order valence-corrected chi connectivity index (χ4v) is 2.65. The molecule has 0 amide bonds. The Kier molecular flexibility index (Phi) is 8.50. The summed E-state index contributed by atoms with van der Waals surface area (Å²) in [5.41, 5.74) is 0.858. The maximum absolute atomic E-state index is 13.3. The van der Waals surface area contributed by atoms with Crippen molar-refractivity contribution in [2.75, 3.05) is 20.2 Å². The molecule has 1 unspecified atom stereocenters. The second-order valence-electron chi connectivity index (χ2n) is 4.72. The topological polar surface area (TPSA) is 45.7 Å². The van der Waals surface area contributed by atoms with Gasteiger partial charge in [-0.25, -0.2) is 4.39 Å². The van der Waals surface area contributed by atoms with Crippen LogP contribution in [0, 0.1) is 5.82 Å². The summed E-state index contributed by atoms with van der Waals surface area (Å²) in [5.74, 6) is 0.444. The average Bonchev–Trinajstić information content (AvgIpc) is 2.91. The summed E-state index contributed by atoms with van der Waals surface area (Å²) >= 11 is 3.28. The van der Waals surface area contributed by atoms with E-state index in [2.05, 4.69) is 31.6 Å². The molecule has 118 valence electrons. The van der Waals surface area contributed by atoms with Crippen LogP contribution in [0.5, 0.6) is 0 Å². The largest absolute Gasteiger partial charge is 0.376 e. The molecule has 1 aromatic rings. The van der Waals surface area contributed by atoms with Crippen molar-refractivity contribution < 1.29 is 9.13 Å². The van der Waals surface area contributed by atoms with Gasteiger partial charge in [0, 0.05) is 31.2 Å². The third kappa shape index (κ3) is 6.48. The lowest BCUT2D eigenvalue weighted by Gasteiger charge is -2.15. The van der Waals surface area contributed by atoms with Gasteiger partial charge in [0.05, 0.1) is 6.10 Å². The smallest absolute Gasteiger partial charge is 0.191 e. The number of hydrogen-bond donors (Lipinski definition) is 2. The number of aliphatic imine (C=N–C) groups is 1. The van der Waals surface area contributed by atoms with Gasteiger partial charge in [0.25, 0.3) is 0 Å². The zero-order valence-corrected chi connectivity index (χ0v) is 15.8. The zero-order valence-electron chi connectivity index (χ0n) is 11.9. The standard InChI is InChI=1S/C14H19BrFN3O.HI/c1-17-14(19-9-13-3-2-4-20-13)18-8-10-5-11(15)7-12(16)6-10;/h5-7,13H,2-4,8-9H2,1H3,(H2,17,18,19);1H. The molecule has 2 rings (SSSR count). The second-order valence-corrected chi connectivity index (χ2v) is 5.64. The predicted molar refractivity (Wildman–Crippen MR) is 96.7 cm³/mol. The molecule has 1 saturated heterocycles. The minimum Gasteiger partial charge on any atom is -0.376 e. The lowest BCUT2D eigenvalue weighted by molar-refractivity contribution is 0.114. The van der Waals surface area contributed by atoms with Gasteiger partial charge in [0.2, 0.25) is 0 Å². The van der Waals surface area contributed by atoms with E-state index < -0.39 is 0 Å². The van der Waals surface area contributed by atoms with Gasteiger partial charge < -0.3 is 15.4 Å². The number of rotatable bonds is 4. The van der Waals surface area contributed by atoms with E-state index in [4.69, 9.17) is 4.74 Å². The highest BCUT2D eigenvalue weighted by molar-refractivity contribution is 14.0. The summed E-state index contributed by atoms with van der Waals surface area (Å²) in [6.45, 7) is 2.10. The molecular weight excluding hydrogens is 452 g/mol. The fourth-order valence-electron chi connectivity index (χ4n) is 2.14. The van der Waals surface area contributed by atoms with Crippen molar-refractivity contribution in [3.63, 3.8) is 0 Å². The van der Waals surface area contributed by atoms with E-state index in [1.807, 2.05) is 6.07 Å². The number of benzene rings is 1. The first kappa shape index (κ1) is 18.6. The first-order valence-corrected chi connectivity index (χ1v) is 7.48. The van der Waals surface area contributed by atoms with Gasteiger partial charge in [0.1, 0.15) is 5.82 Å². The highest BCUT2D eigenvalue weighted by Gasteiger charge is 2.15. The molecule has 1 atom stereocenters. The minimum absolute atomic E-state index is 0. The molecule has 1 fully saturated rings. The van der Waals surface area contributed by atoms with Crippen LogP contribution in [0.3, 0.4) is 0 Å². The van der Waals surface area contributed by atoms with Crippen molar-refractivity contribution in [3.05, 3.63) is 34.1 Å². The predicted octanol–water partition coefficient (Wildman–Crippen LogP) is 3.05. The molecule has 0 bridgehead atoms. The SMILES string of the molecule is CN=C(NCc1cc(F)cc(Br)c1)NCC1CCCO1.I. The van der Waals surface area contributed by atoms with Crippen LogP contribution in [0.25, 0.3) is 0 Å². The molecule has 4 nitrogen and oxygen atoms in total. The van der Waals surface area contributed by atoms with Crippen molar-refractivity contribution in [2.24, 2.45) is 4.99 Å². The van der Waals surface area contributed by atoms with Crippen molar-refractivity contribution in [2.45, 2.75) is 25.5 Å². The van der Waals surface area contributed by atoms with Crippen LogP contribution in [-0.2, 0) is 11.3 Å². The van der Waals surface area contributed by atoms with Gasteiger partial charge >= 0.3 is 0 Å². The highest BCUT2D eigenvalue weighted by atomic mass is 127. The molecule has 0 aromatic heterocycles. The van der Waals surface area contributed by atoms with Gasteiger partial charge in [-0.05, 0) is 36.6 Å². The van der Waals surface area contributed by atoms with Crippen LogP contribution in [0.1, 0.15) is 18.4 Å². The van der Waals surface area contributed by atoms with Gasteiger partial charge in [-0.3, -0.25) is 4.99 Å². The number of halogens is 3. The maximum atomic E-state index is 13.3. The Labute approximate surface area is 150 Å². The van der Waals surface area contributed by atoms with Crippen LogP contribution in [0.4, 0.5) is 4.39 Å². The van der Waals surface area contributed by atoms with Gasteiger partial charge in [-0.2, -0.15) is 0 Å². The van der Waals surface area contributed by atoms with E-state index in [1.165, 1.54) is 12.1 Å². The molecule has 0 saturated carbocycles. The van der Waals surface area contributed by atoms with Crippen molar-refractivity contribution in [3.8, 4) is 0 Å². The van der Waals surface area contributed by atoms with E-state index >= 15 is 0 Å². The highest BCUT2D eigenvalue weighted by Crippen LogP contribution is 2.14. The molecule has 7 heteroatoms. The minimum atomic E-state index is -0.251. The number of hydrogen-bond acceptors (Lipinski definition) is 2. The normalized spacial score (nSPS) is 18.2. The molecular formula is C14H20BrFIN3O. The molecule has 1 heterocycles. The molecule has 1 aliphatic heterocycles. The zero-order chi connectivity index (χ0) is 14.4. The maximum Gasteiger partial charge on any atom is 0.191 e. The number of guanidine groups is 1. The van der Waals surface area contributed by atoms with E-state index in [1.54, 1.807) is 7.05 Å². The summed E-state index contributed by atoms with van der Waals surface area (Å²) in [6, 6.07) is 4.82. The Balaban J connectivity index is 0.00000220. The Morgan fingerprint density at radius 3 is 2.86 bits per heavy atom. The van der Waals surface area contributed by atoms with Crippen molar-refractivity contribution in [1.29, 1.82) is 0 Å². The van der Waals surface area contributed by atoms with E-state index in [9.17, 15) is 4.39 Å². The number of nitrogens with one attached hydrogen (secondary N) is 2. The summed E-state index contributed by atoms with van der Waals surface area (Å²) in [5, 5.41) is 6.38. The molecule has 21 heavy (non-hydrogen) atoms. The van der Waals surface area contributed by atoms with Gasteiger partial charge in [-0.1, -0.05) is 15.9 Å². The average molecular weight is 472 g/mol. The van der Waals surface area contributed by atoms with Gasteiger partial charge in [0.15, 0.2) is 5.96 Å². The monoisotopic (exact) mass is 471 g/mol. The van der Waals surface area contributed by atoms with Crippen LogP contribution < -0.4 is 10.6 Å². The second kappa shape index (κ2) is 9.58. The fraction of sp³-hybridized carbons (Fsp3) is 0.500. The van der Waals surface area contributed by atoms with Crippen LogP contribution in [0.2, 0.25) is 0 Å². The summed E-state index contributed by atoms with van der Waals surface area (Å²) in [6.07, 6.45) is 2.47. The first-order chi connectivity index (χ1) is 9.67. The van der Waals surface area contributed by atoms with Gasteiger partial charge in [-0.15, -0.1) is 24.0 Å². The number of ether oxygens (including phenoxy) is 1. The van der Waals surface area contributed by atoms with E-state index in [0.29, 0.717) is 12.5 Å². The summed E-state index contributed by atoms with van der Waals surface area (Å²) in [4.78, 5) is 4.14. The lowest BCUT2D eigenvalue weighted by atomic mass is 10.2. The van der Waals surface area contributed by atoms with Crippen LogP contribution in [0.15, 0.2) is 27.7 Å². The van der Waals surface area contributed by atoms with E-state index in [0.717, 1.165) is 36.0 Å². The Hall–Kier alpha value is -0.410. The molecule has 0 radical (unpaired) electrons. The molecule has 2 N–H and O–H groups in total. The van der Waals surface area contributed by atoms with Crippen LogP contribution in [-0.4, -0.2) is 32.3 Å². The molecule has 1 aromatic carbocycles. The Bertz CT molecular complexity index is 461. The molecule has 0 spiro atoms. The summed E-state index contributed by atoms with van der Waals surface area (Å²) in [7, 11) is 1.71. The van der Waals surface area contributed by atoms with Crippen molar-refractivity contribution >= 4 is 45.9 Å². The summed E-state index contributed by atoms with van der Waals surface area (Å²) < 4.78 is 19.5. The first-order valence-electron chi connectivity index (χ1n) is 6.68. The molecule has 0 aliphatic carbocycles. The Morgan fingerprint density at radius 2 is 2.24 bits per heavy atom. The third-order valence-electron chi connectivity index (χ3n) is 3.13. The Morgan fingerprint density at radius 1 is 1.43 bits per heavy atom. The quantitative estimate of drug-likeness (QED) is 0.403. The molecule has 1 aliphatic rings. The third-order valence-corrected chi connectivity index (χ3v) is 3.58. The van der Waals surface area contributed by atoms with Crippen molar-refractivity contribution in [1.82, 2.24) is 10.6 Å². The van der Waals surface area contributed by atoms with E-state index in [-0.39, 0.29) is 35.9 Å². The van der Waals surface area contributed by atoms with Crippen LogP contribution >= 0.6 is 39.9 Å². The lowest BCUT2D eigenvalue weighted by Crippen LogP contribution is -2.40. The number of nitrogens with zero attached hydrogens (tertiary/aromatic N) is 1.